The summed E-state index contributed by atoms with van der Waals surface area (Å²) in [7, 11) is 0. The van der Waals surface area contributed by atoms with Crippen molar-refractivity contribution in [3.8, 4) is 22.6 Å². The molecule has 2 aliphatic heterocycles. The molecule has 1 aromatic heterocycles. The monoisotopic (exact) mass is 440 g/mol. The lowest BCUT2D eigenvalue weighted by molar-refractivity contribution is -0.132. The largest absolute Gasteiger partial charge is 0.454 e. The summed E-state index contributed by atoms with van der Waals surface area (Å²) in [4.78, 5) is 24.6. The van der Waals surface area contributed by atoms with E-state index >= 15 is 0 Å². The Hall–Kier alpha value is -3.87. The van der Waals surface area contributed by atoms with Gasteiger partial charge in [-0.05, 0) is 65.8 Å². The van der Waals surface area contributed by atoms with E-state index in [1.54, 1.807) is 11.1 Å². The van der Waals surface area contributed by atoms with Crippen molar-refractivity contribution in [2.45, 2.75) is 24.8 Å². The fourth-order valence-corrected chi connectivity index (χ4v) is 4.79. The highest BCUT2D eigenvalue weighted by molar-refractivity contribution is 6.07. The third-order valence-electron chi connectivity index (χ3n) is 6.63. The van der Waals surface area contributed by atoms with Crippen molar-refractivity contribution in [2.75, 3.05) is 13.3 Å². The molecule has 7 nitrogen and oxygen atoms in total. The number of benzene rings is 2. The molecule has 166 valence electrons. The molecule has 7 heteroatoms. The summed E-state index contributed by atoms with van der Waals surface area (Å²) < 4.78 is 11.0. The van der Waals surface area contributed by atoms with E-state index in [9.17, 15) is 4.79 Å². The predicted molar refractivity (Wildman–Crippen MR) is 124 cm³/mol. The van der Waals surface area contributed by atoms with Gasteiger partial charge in [0, 0.05) is 24.9 Å². The quantitative estimate of drug-likeness (QED) is 0.634. The van der Waals surface area contributed by atoms with Gasteiger partial charge in [0.15, 0.2) is 23.0 Å². The number of carbonyl (C=O) groups excluding carboxylic acids is 1. The standard InChI is InChI=1S/C26H24N4O3/c27-25-29-26(19-8-9-19,24(31)30(25)13-11-21-6-1-2-12-28-21)20-5-3-4-17(14-20)18-7-10-22-23(15-18)33-16-32-22/h1-7,10,12,14-15,19H,8-9,11,13,16H2,(H2,27,29). The number of guanidine groups is 1. The molecular formula is C26H24N4O3. The maximum Gasteiger partial charge on any atom is 0.262 e. The molecule has 0 saturated heterocycles. The zero-order chi connectivity index (χ0) is 22.4. The zero-order valence-electron chi connectivity index (χ0n) is 18.1. The van der Waals surface area contributed by atoms with Gasteiger partial charge in [0.05, 0.1) is 0 Å². The molecule has 1 saturated carbocycles. The molecule has 0 bridgehead atoms. The molecule has 1 unspecified atom stereocenters. The third kappa shape index (κ3) is 3.31. The van der Waals surface area contributed by atoms with Gasteiger partial charge >= 0.3 is 0 Å². The minimum absolute atomic E-state index is 0.0405. The number of fused-ring (bicyclic) bond motifs is 1. The van der Waals surface area contributed by atoms with Gasteiger partial charge in [-0.15, -0.1) is 0 Å². The summed E-state index contributed by atoms with van der Waals surface area (Å²) in [6.45, 7) is 0.696. The van der Waals surface area contributed by atoms with Crippen LogP contribution in [0.1, 0.15) is 24.1 Å². The van der Waals surface area contributed by atoms with Crippen LogP contribution < -0.4 is 15.2 Å². The first kappa shape index (κ1) is 19.8. The summed E-state index contributed by atoms with van der Waals surface area (Å²) >= 11 is 0. The molecule has 0 spiro atoms. The molecule has 3 aliphatic rings. The van der Waals surface area contributed by atoms with Crippen LogP contribution >= 0.6 is 0 Å². The highest BCUT2D eigenvalue weighted by Gasteiger charge is 2.57. The van der Waals surface area contributed by atoms with Crippen LogP contribution in [0.4, 0.5) is 0 Å². The van der Waals surface area contributed by atoms with E-state index in [1.807, 2.05) is 54.6 Å². The average molecular weight is 441 g/mol. The van der Waals surface area contributed by atoms with Crippen molar-refractivity contribution in [3.63, 3.8) is 0 Å². The van der Waals surface area contributed by atoms with Crippen LogP contribution in [0.15, 0.2) is 71.9 Å². The Balaban J connectivity index is 1.33. The predicted octanol–water partition coefficient (Wildman–Crippen LogP) is 3.48. The van der Waals surface area contributed by atoms with Crippen LogP contribution in [0.3, 0.4) is 0 Å². The highest BCUT2D eigenvalue weighted by Crippen LogP contribution is 2.52. The Labute approximate surface area is 191 Å². The Kier molecular flexibility index (Phi) is 4.57. The smallest absolute Gasteiger partial charge is 0.262 e. The molecule has 1 fully saturated rings. The SMILES string of the molecule is NC1=NC(c2cccc(-c3ccc4c(c3)OCO4)c2)(C2CC2)C(=O)N1CCc1ccccn1. The van der Waals surface area contributed by atoms with Gasteiger partial charge in [0.1, 0.15) is 0 Å². The number of aliphatic imine (C=N–C) groups is 1. The molecule has 1 amide bonds. The lowest BCUT2D eigenvalue weighted by atomic mass is 9.83. The zero-order valence-corrected chi connectivity index (χ0v) is 18.1. The second-order valence-electron chi connectivity index (χ2n) is 8.69. The van der Waals surface area contributed by atoms with E-state index < -0.39 is 5.54 Å². The van der Waals surface area contributed by atoms with E-state index in [2.05, 4.69) is 11.1 Å². The number of aromatic nitrogens is 1. The normalized spacial score (nSPS) is 21.4. The number of nitrogens with zero attached hydrogens (tertiary/aromatic N) is 3. The summed E-state index contributed by atoms with van der Waals surface area (Å²) in [5.41, 5.74) is 9.18. The molecular weight excluding hydrogens is 416 g/mol. The third-order valence-corrected chi connectivity index (χ3v) is 6.63. The summed E-state index contributed by atoms with van der Waals surface area (Å²) in [6, 6.07) is 19.7. The van der Waals surface area contributed by atoms with Crippen LogP contribution in [0, 0.1) is 5.92 Å². The van der Waals surface area contributed by atoms with Gasteiger partial charge < -0.3 is 15.2 Å². The van der Waals surface area contributed by atoms with Gasteiger partial charge in [-0.1, -0.05) is 30.3 Å². The lowest BCUT2D eigenvalue weighted by Gasteiger charge is -2.27. The molecule has 3 heterocycles. The molecule has 1 atom stereocenters. The Morgan fingerprint density at radius 1 is 1.00 bits per heavy atom. The molecule has 1 aliphatic carbocycles. The lowest BCUT2D eigenvalue weighted by Crippen LogP contribution is -2.45. The first-order chi connectivity index (χ1) is 16.1. The van der Waals surface area contributed by atoms with Crippen LogP contribution in [0.2, 0.25) is 0 Å². The number of hydrogen-bond donors (Lipinski definition) is 1. The van der Waals surface area contributed by atoms with E-state index in [1.165, 1.54) is 0 Å². The summed E-state index contributed by atoms with van der Waals surface area (Å²) in [5.74, 6) is 1.89. The second kappa shape index (κ2) is 7.62. The van der Waals surface area contributed by atoms with E-state index in [4.69, 9.17) is 20.2 Å². The molecule has 0 radical (unpaired) electrons. The first-order valence-electron chi connectivity index (χ1n) is 11.2. The van der Waals surface area contributed by atoms with Crippen LogP contribution in [0.5, 0.6) is 11.5 Å². The van der Waals surface area contributed by atoms with Crippen molar-refractivity contribution < 1.29 is 14.3 Å². The van der Waals surface area contributed by atoms with Crippen molar-refractivity contribution in [2.24, 2.45) is 16.6 Å². The van der Waals surface area contributed by atoms with Crippen molar-refractivity contribution in [3.05, 3.63) is 78.1 Å². The number of ether oxygens (including phenoxy) is 2. The van der Waals surface area contributed by atoms with Gasteiger partial charge in [0.2, 0.25) is 6.79 Å². The molecule has 2 aromatic carbocycles. The van der Waals surface area contributed by atoms with Crippen molar-refractivity contribution in [1.82, 2.24) is 9.88 Å². The fraction of sp³-hybridized carbons (Fsp3) is 0.269. The number of carbonyl (C=O) groups is 1. The minimum Gasteiger partial charge on any atom is -0.454 e. The van der Waals surface area contributed by atoms with E-state index in [0.29, 0.717) is 13.0 Å². The number of hydrogen-bond acceptors (Lipinski definition) is 6. The minimum atomic E-state index is -0.958. The van der Waals surface area contributed by atoms with Gasteiger partial charge in [-0.3, -0.25) is 14.7 Å². The number of amides is 1. The van der Waals surface area contributed by atoms with Crippen molar-refractivity contribution >= 4 is 11.9 Å². The highest BCUT2D eigenvalue weighted by atomic mass is 16.7. The summed E-state index contributed by atoms with van der Waals surface area (Å²) in [5, 5.41) is 0. The number of pyridine rings is 1. The van der Waals surface area contributed by atoms with Gasteiger partial charge in [0.25, 0.3) is 5.91 Å². The van der Waals surface area contributed by atoms with Crippen LogP contribution in [0.25, 0.3) is 11.1 Å². The second-order valence-corrected chi connectivity index (χ2v) is 8.69. The Morgan fingerprint density at radius 2 is 1.85 bits per heavy atom. The molecule has 3 aromatic rings. The molecule has 33 heavy (non-hydrogen) atoms. The number of rotatable bonds is 6. The fourth-order valence-electron chi connectivity index (χ4n) is 4.79. The Bertz CT molecular complexity index is 1260. The molecule has 6 rings (SSSR count). The van der Waals surface area contributed by atoms with Crippen molar-refractivity contribution in [1.29, 1.82) is 0 Å². The van der Waals surface area contributed by atoms with Crippen LogP contribution in [-0.4, -0.2) is 35.1 Å². The van der Waals surface area contributed by atoms with Gasteiger partial charge in [-0.2, -0.15) is 0 Å². The first-order valence-corrected chi connectivity index (χ1v) is 11.2. The van der Waals surface area contributed by atoms with Crippen LogP contribution in [-0.2, 0) is 16.8 Å². The number of nitrogens with two attached hydrogens (primary N) is 1. The van der Waals surface area contributed by atoms with E-state index in [0.717, 1.165) is 46.7 Å². The summed E-state index contributed by atoms with van der Waals surface area (Å²) in [6.07, 6.45) is 4.31. The Morgan fingerprint density at radius 3 is 2.67 bits per heavy atom. The van der Waals surface area contributed by atoms with Gasteiger partial charge in [-0.25, -0.2) is 4.99 Å². The molecule has 2 N–H and O–H groups in total. The average Bonchev–Trinajstić information content (AvgIpc) is 3.54. The topological polar surface area (TPSA) is 90.0 Å². The maximum absolute atomic E-state index is 13.8. The van der Waals surface area contributed by atoms with E-state index in [-0.39, 0.29) is 24.6 Å². The maximum atomic E-state index is 13.8.